The molecule has 138 valence electrons. The number of primary amides is 1. The Bertz CT molecular complexity index is 659. The maximum absolute atomic E-state index is 12.6. The van der Waals surface area contributed by atoms with Crippen molar-refractivity contribution in [1.82, 2.24) is 9.80 Å². The SMILES string of the molecule is CC1(C)S[C@@H]2[C@H]([C@H](O)C(=O)N3CCC[C@H]3C(N)=O)C(=O)N2[C@H]1C(=O)[O-].[Na+]. The molecule has 0 aromatic rings. The zero-order chi connectivity index (χ0) is 18.7. The summed E-state index contributed by atoms with van der Waals surface area (Å²) in [5, 5.41) is 21.2. The number of β-lactam (4-membered cyclic amide) rings is 1. The molecule has 3 saturated heterocycles. The molecule has 9 nitrogen and oxygen atoms in total. The molecule has 3 heterocycles. The Hall–Kier alpha value is -0.810. The predicted molar refractivity (Wildman–Crippen MR) is 84.5 cm³/mol. The van der Waals surface area contributed by atoms with Crippen LogP contribution < -0.4 is 40.4 Å². The number of rotatable bonds is 4. The molecular formula is C15H20N3NaO6S. The van der Waals surface area contributed by atoms with Crippen LogP contribution in [0.2, 0.25) is 0 Å². The number of aliphatic carboxylic acids is 1. The standard InChI is InChI=1S/C15H21N3O6S.Na/c1-15(2)9(14(23)24)18-11(21)7(13(18)25-15)8(19)12(22)17-5-3-4-6(17)10(16)20;/h6-9,13,19H,3-5H2,1-2H3,(H2,16,20)(H,23,24);/q;+1/p-1/t6-,7+,8-,9-,13+;/m0./s1. The first kappa shape index (κ1) is 21.5. The van der Waals surface area contributed by atoms with Crippen molar-refractivity contribution in [2.24, 2.45) is 11.7 Å². The molecule has 11 heteroatoms. The molecule has 3 amide bonds. The maximum atomic E-state index is 12.6. The van der Waals surface area contributed by atoms with Gasteiger partial charge in [0.15, 0.2) is 0 Å². The van der Waals surface area contributed by atoms with E-state index in [1.807, 2.05) is 0 Å². The molecule has 0 aromatic heterocycles. The average Bonchev–Trinajstić information content (AvgIpc) is 3.07. The summed E-state index contributed by atoms with van der Waals surface area (Å²) in [6, 6.07) is -1.89. The maximum Gasteiger partial charge on any atom is 1.00 e. The summed E-state index contributed by atoms with van der Waals surface area (Å²) in [6.45, 7) is 3.65. The fourth-order valence-electron chi connectivity index (χ4n) is 3.96. The summed E-state index contributed by atoms with van der Waals surface area (Å²) in [5.74, 6) is -4.34. The molecule has 3 rings (SSSR count). The number of hydrogen-bond donors (Lipinski definition) is 2. The molecule has 3 N–H and O–H groups in total. The van der Waals surface area contributed by atoms with E-state index in [-0.39, 0.29) is 29.6 Å². The Morgan fingerprint density at radius 1 is 1.38 bits per heavy atom. The fraction of sp³-hybridized carbons (Fsp3) is 0.733. The Morgan fingerprint density at radius 3 is 2.54 bits per heavy atom. The number of carboxylic acid groups (broad SMARTS) is 1. The van der Waals surface area contributed by atoms with Crippen molar-refractivity contribution in [2.45, 2.75) is 55.0 Å². The second-order valence-corrected chi connectivity index (χ2v) is 8.91. The van der Waals surface area contributed by atoms with Gasteiger partial charge in [0, 0.05) is 11.3 Å². The molecule has 3 aliphatic rings. The molecule has 3 aliphatic heterocycles. The van der Waals surface area contributed by atoms with Crippen molar-refractivity contribution in [3.63, 3.8) is 0 Å². The van der Waals surface area contributed by atoms with Crippen molar-refractivity contribution < 1.29 is 58.9 Å². The minimum Gasteiger partial charge on any atom is -0.548 e. The van der Waals surface area contributed by atoms with Gasteiger partial charge in [0.1, 0.15) is 18.1 Å². The Balaban J connectivity index is 0.00000243. The van der Waals surface area contributed by atoms with E-state index in [2.05, 4.69) is 0 Å². The third kappa shape index (κ3) is 3.15. The third-order valence-corrected chi connectivity index (χ3v) is 6.76. The monoisotopic (exact) mass is 393 g/mol. The number of fused-ring (bicyclic) bond motifs is 1. The number of carboxylic acids is 1. The predicted octanol–water partition coefficient (Wildman–Crippen LogP) is -5.74. The molecule has 0 bridgehead atoms. The van der Waals surface area contributed by atoms with E-state index in [0.717, 1.165) is 4.90 Å². The second-order valence-electron chi connectivity index (χ2n) is 7.14. The minimum absolute atomic E-state index is 0. The quantitative estimate of drug-likeness (QED) is 0.358. The van der Waals surface area contributed by atoms with Gasteiger partial charge in [-0.1, -0.05) is 0 Å². The molecule has 0 aliphatic carbocycles. The van der Waals surface area contributed by atoms with Gasteiger partial charge in [-0.2, -0.15) is 0 Å². The topological polar surface area (TPSA) is 144 Å². The Kier molecular flexibility index (Phi) is 6.04. The first-order valence-corrected chi connectivity index (χ1v) is 8.94. The number of nitrogens with two attached hydrogens (primary N) is 1. The smallest absolute Gasteiger partial charge is 0.548 e. The van der Waals surface area contributed by atoms with Gasteiger partial charge in [0.05, 0.1) is 17.4 Å². The fourth-order valence-corrected chi connectivity index (χ4v) is 5.68. The van der Waals surface area contributed by atoms with Crippen LogP contribution in [0.1, 0.15) is 26.7 Å². The van der Waals surface area contributed by atoms with Gasteiger partial charge in [-0.3, -0.25) is 14.4 Å². The van der Waals surface area contributed by atoms with E-state index in [1.54, 1.807) is 13.8 Å². The minimum atomic E-state index is -1.63. The normalized spacial score (nSPS) is 33.1. The van der Waals surface area contributed by atoms with E-state index in [1.165, 1.54) is 16.7 Å². The molecule has 3 fully saturated rings. The van der Waals surface area contributed by atoms with Gasteiger partial charge < -0.3 is 30.5 Å². The number of aliphatic hydroxyl groups excluding tert-OH is 1. The molecule has 26 heavy (non-hydrogen) atoms. The number of carbonyl (C=O) groups excluding carboxylic acids is 4. The van der Waals surface area contributed by atoms with Crippen LogP contribution in [0.3, 0.4) is 0 Å². The summed E-state index contributed by atoms with van der Waals surface area (Å²) in [4.78, 5) is 50.2. The number of aliphatic hydroxyl groups is 1. The Labute approximate surface area is 176 Å². The van der Waals surface area contributed by atoms with Gasteiger partial charge >= 0.3 is 29.6 Å². The van der Waals surface area contributed by atoms with Gasteiger partial charge in [0.25, 0.3) is 5.91 Å². The van der Waals surface area contributed by atoms with Crippen molar-refractivity contribution in [3.8, 4) is 0 Å². The van der Waals surface area contributed by atoms with E-state index >= 15 is 0 Å². The summed E-state index contributed by atoms with van der Waals surface area (Å²) in [6.07, 6.45) is -0.608. The van der Waals surface area contributed by atoms with Crippen molar-refractivity contribution in [3.05, 3.63) is 0 Å². The zero-order valence-corrected chi connectivity index (χ0v) is 17.7. The number of nitrogens with zero attached hydrogens (tertiary/aromatic N) is 2. The van der Waals surface area contributed by atoms with Gasteiger partial charge in [-0.15, -0.1) is 11.8 Å². The van der Waals surface area contributed by atoms with Crippen LogP contribution in [0, 0.1) is 5.92 Å². The molecule has 0 radical (unpaired) electrons. The van der Waals surface area contributed by atoms with Crippen LogP contribution in [-0.4, -0.2) is 73.5 Å². The summed E-state index contributed by atoms with van der Waals surface area (Å²) < 4.78 is -0.792. The van der Waals surface area contributed by atoms with E-state index in [0.29, 0.717) is 19.4 Å². The number of likely N-dealkylation sites (tertiary alicyclic amines) is 1. The molecular weight excluding hydrogens is 373 g/mol. The van der Waals surface area contributed by atoms with Crippen molar-refractivity contribution in [1.29, 1.82) is 0 Å². The first-order valence-electron chi connectivity index (χ1n) is 8.06. The van der Waals surface area contributed by atoms with Crippen LogP contribution >= 0.6 is 11.8 Å². The number of amides is 3. The van der Waals surface area contributed by atoms with Crippen LogP contribution in [-0.2, 0) is 19.2 Å². The van der Waals surface area contributed by atoms with E-state index < -0.39 is 57.9 Å². The van der Waals surface area contributed by atoms with Crippen LogP contribution in [0.15, 0.2) is 0 Å². The average molecular weight is 393 g/mol. The Morgan fingerprint density at radius 2 is 2.00 bits per heavy atom. The van der Waals surface area contributed by atoms with Crippen LogP contribution in [0.4, 0.5) is 0 Å². The molecule has 0 saturated carbocycles. The number of hydrogen-bond acceptors (Lipinski definition) is 7. The van der Waals surface area contributed by atoms with Crippen molar-refractivity contribution >= 4 is 35.5 Å². The van der Waals surface area contributed by atoms with E-state index in [9.17, 15) is 29.4 Å². The van der Waals surface area contributed by atoms with Gasteiger partial charge in [-0.25, -0.2) is 0 Å². The van der Waals surface area contributed by atoms with E-state index in [4.69, 9.17) is 5.73 Å². The third-order valence-electron chi connectivity index (χ3n) is 5.16. The van der Waals surface area contributed by atoms with Crippen LogP contribution in [0.5, 0.6) is 0 Å². The molecule has 0 aromatic carbocycles. The zero-order valence-electron chi connectivity index (χ0n) is 14.9. The first-order chi connectivity index (χ1) is 11.6. The summed E-state index contributed by atoms with van der Waals surface area (Å²) >= 11 is 1.22. The summed E-state index contributed by atoms with van der Waals surface area (Å²) in [5.41, 5.74) is 5.28. The summed E-state index contributed by atoms with van der Waals surface area (Å²) in [7, 11) is 0. The molecule has 0 unspecified atom stereocenters. The number of thioether (sulfide) groups is 1. The van der Waals surface area contributed by atoms with Crippen molar-refractivity contribution in [2.75, 3.05) is 6.54 Å². The van der Waals surface area contributed by atoms with Crippen LogP contribution in [0.25, 0.3) is 0 Å². The largest absolute Gasteiger partial charge is 1.00 e. The molecule has 0 spiro atoms. The van der Waals surface area contributed by atoms with Gasteiger partial charge in [-0.05, 0) is 26.7 Å². The second kappa shape index (κ2) is 7.31. The number of carbonyl (C=O) groups is 4. The van der Waals surface area contributed by atoms with Gasteiger partial charge in [0.2, 0.25) is 11.8 Å². The molecule has 5 atom stereocenters.